The first-order valence-electron chi connectivity index (χ1n) is 7.81. The molecule has 27 heavy (non-hydrogen) atoms. The molecule has 3 heterocycles. The molecule has 0 aliphatic carbocycles. The number of carbonyl (C=O) groups excluding carboxylic acids is 2. The van der Waals surface area contributed by atoms with Crippen molar-refractivity contribution in [2.24, 2.45) is 0 Å². The number of aromatic amines is 1. The second-order valence-electron chi connectivity index (χ2n) is 5.53. The Morgan fingerprint density at radius 1 is 1.22 bits per heavy atom. The molecule has 4 aromatic rings. The first-order chi connectivity index (χ1) is 13.1. The highest BCUT2D eigenvalue weighted by molar-refractivity contribution is 7.20. The van der Waals surface area contributed by atoms with Crippen molar-refractivity contribution in [3.05, 3.63) is 62.4 Å². The molecule has 4 rings (SSSR count). The maximum absolute atomic E-state index is 12.4. The first-order valence-corrected chi connectivity index (χ1v) is 9.89. The molecule has 0 radical (unpaired) electrons. The summed E-state index contributed by atoms with van der Waals surface area (Å²) in [5.41, 5.74) is 0.911. The normalized spacial score (nSPS) is 10.9. The van der Waals surface area contributed by atoms with Gasteiger partial charge in [-0.1, -0.05) is 23.7 Å². The van der Waals surface area contributed by atoms with E-state index in [4.69, 9.17) is 11.6 Å². The third-order valence-corrected chi connectivity index (χ3v) is 5.72. The molecule has 0 unspecified atom stereocenters. The molecule has 3 N–H and O–H groups in total. The number of fused-ring (bicyclic) bond motifs is 1. The molecule has 7 nitrogen and oxygen atoms in total. The van der Waals surface area contributed by atoms with Crippen LogP contribution in [0.4, 0.5) is 5.82 Å². The monoisotopic (exact) mass is 417 g/mol. The van der Waals surface area contributed by atoms with E-state index in [-0.39, 0.29) is 11.8 Å². The van der Waals surface area contributed by atoms with E-state index in [1.165, 1.54) is 22.7 Å². The quantitative estimate of drug-likeness (QED) is 0.458. The second-order valence-corrected chi connectivity index (χ2v) is 7.89. The minimum Gasteiger partial charge on any atom is -0.347 e. The average Bonchev–Trinajstić information content (AvgIpc) is 3.38. The smallest absolute Gasteiger partial charge is 0.285 e. The predicted octanol–water partition coefficient (Wildman–Crippen LogP) is 3.92. The molecule has 136 valence electrons. The molecule has 1 aromatic carbocycles. The maximum atomic E-state index is 12.4. The van der Waals surface area contributed by atoms with Crippen LogP contribution in [0.15, 0.2) is 41.9 Å². The van der Waals surface area contributed by atoms with Gasteiger partial charge in [0.25, 0.3) is 11.8 Å². The minimum atomic E-state index is -0.325. The molecule has 0 spiro atoms. The lowest BCUT2D eigenvalue weighted by Crippen LogP contribution is -2.21. The minimum absolute atomic E-state index is 0.213. The second kappa shape index (κ2) is 7.47. The summed E-state index contributed by atoms with van der Waals surface area (Å²) in [5, 5.41) is 15.9. The van der Waals surface area contributed by atoms with Crippen molar-refractivity contribution in [2.45, 2.75) is 6.54 Å². The van der Waals surface area contributed by atoms with Gasteiger partial charge < -0.3 is 10.6 Å². The molecule has 0 bridgehead atoms. The van der Waals surface area contributed by atoms with Crippen molar-refractivity contribution in [1.82, 2.24) is 20.5 Å². The van der Waals surface area contributed by atoms with E-state index in [0.717, 1.165) is 5.56 Å². The van der Waals surface area contributed by atoms with Crippen molar-refractivity contribution in [3.63, 3.8) is 0 Å². The third kappa shape index (κ3) is 3.85. The lowest BCUT2D eigenvalue weighted by molar-refractivity contribution is 0.0954. The van der Waals surface area contributed by atoms with Gasteiger partial charge in [-0.2, -0.15) is 5.10 Å². The molecule has 10 heteroatoms. The summed E-state index contributed by atoms with van der Waals surface area (Å²) in [6, 6.07) is 9.01. The van der Waals surface area contributed by atoms with Crippen molar-refractivity contribution < 1.29 is 9.59 Å². The van der Waals surface area contributed by atoms with Crippen LogP contribution in [0.1, 0.15) is 25.0 Å². The molecule has 2 amide bonds. The summed E-state index contributed by atoms with van der Waals surface area (Å²) < 4.78 is 0. The highest BCUT2D eigenvalue weighted by Crippen LogP contribution is 2.29. The Balaban J connectivity index is 1.47. The number of aromatic nitrogens is 3. The number of benzene rings is 1. The Kier molecular flexibility index (Phi) is 4.88. The van der Waals surface area contributed by atoms with Crippen molar-refractivity contribution >= 4 is 62.1 Å². The van der Waals surface area contributed by atoms with Crippen molar-refractivity contribution in [3.8, 4) is 0 Å². The van der Waals surface area contributed by atoms with Gasteiger partial charge in [0.05, 0.1) is 10.3 Å². The number of anilines is 1. The molecular formula is C17H12ClN5O2S2. The van der Waals surface area contributed by atoms with Gasteiger partial charge in [-0.25, -0.2) is 4.98 Å². The number of hydrogen-bond donors (Lipinski definition) is 3. The van der Waals surface area contributed by atoms with E-state index < -0.39 is 0 Å². The highest BCUT2D eigenvalue weighted by atomic mass is 35.5. The molecule has 0 atom stereocenters. The van der Waals surface area contributed by atoms with Gasteiger partial charge in [0.15, 0.2) is 5.01 Å². The van der Waals surface area contributed by atoms with Gasteiger partial charge in [-0.3, -0.25) is 14.7 Å². The predicted molar refractivity (Wildman–Crippen MR) is 107 cm³/mol. The number of halogens is 1. The number of amides is 2. The number of thiophene rings is 1. The van der Waals surface area contributed by atoms with Gasteiger partial charge in [-0.15, -0.1) is 22.7 Å². The summed E-state index contributed by atoms with van der Waals surface area (Å²) in [5.74, 6) is -0.0979. The third-order valence-electron chi connectivity index (χ3n) is 3.68. The average molecular weight is 418 g/mol. The molecule has 0 fully saturated rings. The number of rotatable bonds is 5. The lowest BCUT2D eigenvalue weighted by Gasteiger charge is -2.04. The van der Waals surface area contributed by atoms with Crippen molar-refractivity contribution in [2.75, 3.05) is 5.32 Å². The van der Waals surface area contributed by atoms with Crippen LogP contribution in [0.5, 0.6) is 0 Å². The fourth-order valence-electron chi connectivity index (χ4n) is 2.44. The summed E-state index contributed by atoms with van der Waals surface area (Å²) in [6.07, 6.45) is 1.56. The largest absolute Gasteiger partial charge is 0.347 e. The first kappa shape index (κ1) is 17.7. The lowest BCUT2D eigenvalue weighted by atomic mass is 10.2. The van der Waals surface area contributed by atoms with Crippen LogP contribution < -0.4 is 10.6 Å². The fraction of sp³-hybridized carbons (Fsp3) is 0.0588. The number of carbonyl (C=O) groups is 2. The van der Waals surface area contributed by atoms with Crippen LogP contribution in [-0.2, 0) is 6.54 Å². The van der Waals surface area contributed by atoms with Crippen LogP contribution >= 0.6 is 34.3 Å². The Morgan fingerprint density at radius 2 is 2.11 bits per heavy atom. The molecule has 0 saturated carbocycles. The number of nitrogens with one attached hydrogen (secondary N) is 3. The topological polar surface area (TPSA) is 99.8 Å². The maximum Gasteiger partial charge on any atom is 0.285 e. The van der Waals surface area contributed by atoms with Crippen LogP contribution in [0, 0.1) is 0 Å². The van der Waals surface area contributed by atoms with E-state index in [9.17, 15) is 9.59 Å². The number of thiazole rings is 1. The standard InChI is InChI=1S/C17H12ClN5O2S2/c18-10-3-1-2-9(6-10)8-20-14(24)12-7-11-13(22-23-16(11)27-12)21-15(25)17-19-4-5-26-17/h1-7H,8H2,(H,20,24)(H2,21,22,23,25). The molecule has 0 aliphatic heterocycles. The Hall–Kier alpha value is -2.75. The van der Waals surface area contributed by atoms with Crippen LogP contribution in [0.3, 0.4) is 0 Å². The van der Waals surface area contributed by atoms with Gasteiger partial charge in [0, 0.05) is 23.1 Å². The van der Waals surface area contributed by atoms with Crippen LogP contribution in [0.2, 0.25) is 5.02 Å². The molecule has 3 aromatic heterocycles. The SMILES string of the molecule is O=C(NCc1cccc(Cl)c1)c1cc2c(NC(=O)c3nccs3)[nH]nc2s1. The van der Waals surface area contributed by atoms with E-state index in [2.05, 4.69) is 25.8 Å². The zero-order chi connectivity index (χ0) is 18.8. The molecule has 0 saturated heterocycles. The van der Waals surface area contributed by atoms with Gasteiger partial charge in [0.1, 0.15) is 10.6 Å². The zero-order valence-electron chi connectivity index (χ0n) is 13.7. The van der Waals surface area contributed by atoms with E-state index in [0.29, 0.717) is 37.5 Å². The van der Waals surface area contributed by atoms with Gasteiger partial charge in [-0.05, 0) is 23.8 Å². The van der Waals surface area contributed by atoms with Crippen LogP contribution in [0.25, 0.3) is 10.2 Å². The van der Waals surface area contributed by atoms with E-state index in [1.807, 2.05) is 12.1 Å². The van der Waals surface area contributed by atoms with Crippen molar-refractivity contribution in [1.29, 1.82) is 0 Å². The Bertz CT molecular complexity index is 1120. The fourth-order valence-corrected chi connectivity index (χ4v) is 4.09. The van der Waals surface area contributed by atoms with Gasteiger partial charge >= 0.3 is 0 Å². The van der Waals surface area contributed by atoms with E-state index in [1.54, 1.807) is 29.8 Å². The number of hydrogen-bond acceptors (Lipinski definition) is 6. The number of nitrogens with zero attached hydrogens (tertiary/aromatic N) is 2. The molecule has 0 aliphatic rings. The highest BCUT2D eigenvalue weighted by Gasteiger charge is 2.17. The van der Waals surface area contributed by atoms with Gasteiger partial charge in [0.2, 0.25) is 0 Å². The summed E-state index contributed by atoms with van der Waals surface area (Å²) >= 11 is 8.44. The van der Waals surface area contributed by atoms with E-state index >= 15 is 0 Å². The number of H-pyrrole nitrogens is 1. The summed E-state index contributed by atoms with van der Waals surface area (Å²) in [7, 11) is 0. The zero-order valence-corrected chi connectivity index (χ0v) is 16.0. The Labute approximate surface area is 166 Å². The van der Waals surface area contributed by atoms with Crippen LogP contribution in [-0.4, -0.2) is 27.0 Å². The molecular weight excluding hydrogens is 406 g/mol. The Morgan fingerprint density at radius 3 is 2.89 bits per heavy atom. The summed E-state index contributed by atoms with van der Waals surface area (Å²) in [4.78, 5) is 29.7. The summed E-state index contributed by atoms with van der Waals surface area (Å²) in [6.45, 7) is 0.370.